The maximum absolute atomic E-state index is 2.43. The van der Waals surface area contributed by atoms with Crippen LogP contribution >= 0.6 is 0 Å². The van der Waals surface area contributed by atoms with Gasteiger partial charge < -0.3 is 0 Å². The van der Waals surface area contributed by atoms with Crippen LogP contribution < -0.4 is 0 Å². The van der Waals surface area contributed by atoms with Crippen molar-refractivity contribution in [2.24, 2.45) is 23.7 Å². The van der Waals surface area contributed by atoms with Gasteiger partial charge in [-0.3, -0.25) is 0 Å². The summed E-state index contributed by atoms with van der Waals surface area (Å²) >= 11 is 0. The van der Waals surface area contributed by atoms with Crippen molar-refractivity contribution in [3.63, 3.8) is 0 Å². The molecule has 0 saturated heterocycles. The van der Waals surface area contributed by atoms with Gasteiger partial charge in [0.05, 0.1) is 0 Å². The first-order valence-electron chi connectivity index (χ1n) is 12.3. The van der Waals surface area contributed by atoms with Gasteiger partial charge in [0, 0.05) is 0 Å². The summed E-state index contributed by atoms with van der Waals surface area (Å²) in [6, 6.07) is 0. The number of rotatable bonds is 3. The van der Waals surface area contributed by atoms with Crippen molar-refractivity contribution < 1.29 is 0 Å². The highest BCUT2D eigenvalue weighted by molar-refractivity contribution is 4.79. The molecule has 148 valence electrons. The third-order valence-electron chi connectivity index (χ3n) is 7.77. The molecule has 0 aliphatic heterocycles. The lowest BCUT2D eigenvalue weighted by atomic mass is 9.71. The van der Waals surface area contributed by atoms with Gasteiger partial charge in [0.15, 0.2) is 0 Å². The zero-order chi connectivity index (χ0) is 17.7. The molecule has 4 atom stereocenters. The summed E-state index contributed by atoms with van der Waals surface area (Å²) in [5, 5.41) is 0. The Hall–Kier alpha value is 0. The molecule has 2 fully saturated rings. The first-order chi connectivity index (χ1) is 12.3. The smallest absolute Gasteiger partial charge is 0.0383 e. The first-order valence-corrected chi connectivity index (χ1v) is 12.3. The van der Waals surface area contributed by atoms with Crippen molar-refractivity contribution >= 4 is 0 Å². The van der Waals surface area contributed by atoms with Gasteiger partial charge in [0.2, 0.25) is 0 Å². The molecule has 4 unspecified atom stereocenters. The Morgan fingerprint density at radius 3 is 1.52 bits per heavy atom. The quantitative estimate of drug-likeness (QED) is 0.477. The summed E-state index contributed by atoms with van der Waals surface area (Å²) in [6.45, 7) is 4.86. The summed E-state index contributed by atoms with van der Waals surface area (Å²) in [5.74, 6) is 4.23. The molecule has 2 saturated carbocycles. The molecule has 0 bridgehead atoms. The van der Waals surface area contributed by atoms with Crippen LogP contribution in [-0.4, -0.2) is 0 Å². The van der Waals surface area contributed by atoms with Crippen molar-refractivity contribution in [3.05, 3.63) is 0 Å². The fourth-order valence-corrected chi connectivity index (χ4v) is 5.87. The van der Waals surface area contributed by atoms with E-state index in [1.54, 1.807) is 25.7 Å². The van der Waals surface area contributed by atoms with Crippen LogP contribution in [0.15, 0.2) is 0 Å². The first kappa shape index (κ1) is 21.3. The zero-order valence-corrected chi connectivity index (χ0v) is 17.7. The second-order valence-corrected chi connectivity index (χ2v) is 9.57. The standard InChI is InChI=1S/C25H48/c1-3-22-15-11-9-7-5-6-8-10-12-18-24(19-13-16-22)25-20-14-17-23(4-2)21-25/h22-25H,3-21H2,1-2H3. The van der Waals surface area contributed by atoms with Gasteiger partial charge in [-0.25, -0.2) is 0 Å². The normalized spacial score (nSPS) is 34.8. The average molecular weight is 349 g/mol. The Balaban J connectivity index is 1.86. The van der Waals surface area contributed by atoms with E-state index >= 15 is 0 Å². The SMILES string of the molecule is CCC1CCCCCCCCCCC(C2CCCC(CC)C2)CCC1. The van der Waals surface area contributed by atoms with Gasteiger partial charge in [0.1, 0.15) is 0 Å². The number of hydrogen-bond donors (Lipinski definition) is 0. The van der Waals surface area contributed by atoms with Crippen molar-refractivity contribution in [1.82, 2.24) is 0 Å². The Kier molecular flexibility index (Phi) is 11.3. The van der Waals surface area contributed by atoms with E-state index in [9.17, 15) is 0 Å². The van der Waals surface area contributed by atoms with E-state index in [-0.39, 0.29) is 0 Å². The van der Waals surface area contributed by atoms with Crippen molar-refractivity contribution in [3.8, 4) is 0 Å². The van der Waals surface area contributed by atoms with E-state index in [1.165, 1.54) is 96.3 Å². The molecule has 0 aromatic carbocycles. The molecule has 0 N–H and O–H groups in total. The molecular formula is C25H48. The molecule has 0 nitrogen and oxygen atoms in total. The van der Waals surface area contributed by atoms with Crippen LogP contribution in [0.3, 0.4) is 0 Å². The van der Waals surface area contributed by atoms with Crippen molar-refractivity contribution in [2.75, 3.05) is 0 Å². The fraction of sp³-hybridized carbons (Fsp3) is 1.00. The van der Waals surface area contributed by atoms with Crippen LogP contribution in [0.25, 0.3) is 0 Å². The molecule has 0 aromatic rings. The van der Waals surface area contributed by atoms with E-state index in [4.69, 9.17) is 0 Å². The molecule has 2 aliphatic rings. The topological polar surface area (TPSA) is 0 Å². The zero-order valence-electron chi connectivity index (χ0n) is 17.7. The molecule has 2 aliphatic carbocycles. The third kappa shape index (κ3) is 8.49. The average Bonchev–Trinajstić information content (AvgIpc) is 2.66. The van der Waals surface area contributed by atoms with Crippen LogP contribution in [0.4, 0.5) is 0 Å². The van der Waals surface area contributed by atoms with E-state index in [0.29, 0.717) is 0 Å². The minimum absolute atomic E-state index is 1.03. The Morgan fingerprint density at radius 2 is 0.880 bits per heavy atom. The van der Waals surface area contributed by atoms with E-state index in [2.05, 4.69) is 13.8 Å². The summed E-state index contributed by atoms with van der Waals surface area (Å²) in [5.41, 5.74) is 0. The number of hydrogen-bond acceptors (Lipinski definition) is 0. The molecule has 0 spiro atoms. The maximum atomic E-state index is 2.43. The van der Waals surface area contributed by atoms with Crippen LogP contribution in [-0.2, 0) is 0 Å². The van der Waals surface area contributed by atoms with Gasteiger partial charge in [-0.2, -0.15) is 0 Å². The highest BCUT2D eigenvalue weighted by atomic mass is 14.3. The van der Waals surface area contributed by atoms with Crippen molar-refractivity contribution in [1.29, 1.82) is 0 Å². The van der Waals surface area contributed by atoms with Gasteiger partial charge in [-0.15, -0.1) is 0 Å². The van der Waals surface area contributed by atoms with E-state index < -0.39 is 0 Å². The van der Waals surface area contributed by atoms with Gasteiger partial charge in [-0.05, 0) is 30.1 Å². The van der Waals surface area contributed by atoms with Gasteiger partial charge >= 0.3 is 0 Å². The van der Waals surface area contributed by atoms with Gasteiger partial charge in [-0.1, -0.05) is 129 Å². The molecule has 0 radical (unpaired) electrons. The minimum atomic E-state index is 1.03. The second-order valence-electron chi connectivity index (χ2n) is 9.57. The predicted molar refractivity (Wildman–Crippen MR) is 113 cm³/mol. The van der Waals surface area contributed by atoms with Crippen LogP contribution in [0.2, 0.25) is 0 Å². The lowest BCUT2D eigenvalue weighted by molar-refractivity contribution is 0.168. The maximum Gasteiger partial charge on any atom is -0.0383 e. The van der Waals surface area contributed by atoms with Crippen LogP contribution in [0.1, 0.15) is 136 Å². The Morgan fingerprint density at radius 1 is 0.440 bits per heavy atom. The largest absolute Gasteiger partial charge is 0.0651 e. The van der Waals surface area contributed by atoms with E-state index in [0.717, 1.165) is 23.7 Å². The lowest BCUT2D eigenvalue weighted by Gasteiger charge is -2.35. The molecule has 25 heavy (non-hydrogen) atoms. The Labute approximate surface area is 159 Å². The molecule has 0 amide bonds. The summed E-state index contributed by atoms with van der Waals surface area (Å²) in [4.78, 5) is 0. The summed E-state index contributed by atoms with van der Waals surface area (Å²) in [6.07, 6.45) is 28.7. The molecule has 2 rings (SSSR count). The second kappa shape index (κ2) is 13.2. The summed E-state index contributed by atoms with van der Waals surface area (Å²) < 4.78 is 0. The predicted octanol–water partition coefficient (Wildman–Crippen LogP) is 8.93. The van der Waals surface area contributed by atoms with Gasteiger partial charge in [0.25, 0.3) is 0 Å². The van der Waals surface area contributed by atoms with Crippen LogP contribution in [0.5, 0.6) is 0 Å². The third-order valence-corrected chi connectivity index (χ3v) is 7.77. The highest BCUT2D eigenvalue weighted by Gasteiger charge is 2.27. The molecule has 0 aromatic heterocycles. The van der Waals surface area contributed by atoms with Crippen LogP contribution in [0, 0.1) is 23.7 Å². The molecule has 0 heteroatoms. The monoisotopic (exact) mass is 348 g/mol. The fourth-order valence-electron chi connectivity index (χ4n) is 5.87. The van der Waals surface area contributed by atoms with E-state index in [1.807, 2.05) is 0 Å². The summed E-state index contributed by atoms with van der Waals surface area (Å²) in [7, 11) is 0. The minimum Gasteiger partial charge on any atom is -0.0651 e. The Bertz CT molecular complexity index is 307. The highest BCUT2D eigenvalue weighted by Crippen LogP contribution is 2.39. The lowest BCUT2D eigenvalue weighted by Crippen LogP contribution is -2.23. The molecular weight excluding hydrogens is 300 g/mol. The van der Waals surface area contributed by atoms with Crippen molar-refractivity contribution in [2.45, 2.75) is 136 Å². The molecule has 0 heterocycles.